The first kappa shape index (κ1) is 17.2. The third-order valence-corrected chi connectivity index (χ3v) is 5.60. The van der Waals surface area contributed by atoms with Gasteiger partial charge in [0.25, 0.3) is 11.8 Å². The summed E-state index contributed by atoms with van der Waals surface area (Å²) in [5, 5.41) is 5.52. The van der Waals surface area contributed by atoms with Crippen LogP contribution in [0.25, 0.3) is 0 Å². The third-order valence-electron chi connectivity index (χ3n) is 4.09. The van der Waals surface area contributed by atoms with Gasteiger partial charge in [-0.1, -0.05) is 12.1 Å². The van der Waals surface area contributed by atoms with Crippen LogP contribution in [0.4, 0.5) is 5.69 Å². The summed E-state index contributed by atoms with van der Waals surface area (Å²) in [5.41, 5.74) is 1.85. The van der Waals surface area contributed by atoms with Gasteiger partial charge >= 0.3 is 0 Å². The zero-order chi connectivity index (χ0) is 18.8. The monoisotopic (exact) mass is 378 g/mol. The second-order valence-electron chi connectivity index (χ2n) is 5.86. The number of hydrogen-bond donors (Lipinski definition) is 2. The van der Waals surface area contributed by atoms with Gasteiger partial charge in [0.05, 0.1) is 11.3 Å². The standard InChI is InChI=1S/C19H14N4O3S/c24-18(22-10-12-8-20-11-21-9-12)13-5-6-17-15(7-13)23-19(25)14-3-1-2-4-16(14)27(17)26/h1-9,11H,10H2,(H,22,24)(H,23,25). The van der Waals surface area contributed by atoms with E-state index < -0.39 is 11.2 Å². The van der Waals surface area contributed by atoms with Crippen LogP contribution < -0.4 is 10.6 Å². The lowest BCUT2D eigenvalue weighted by molar-refractivity contribution is 0.0949. The molecule has 8 heteroatoms. The number of fused-ring (bicyclic) bond motifs is 2. The average Bonchev–Trinajstić information content (AvgIpc) is 2.82. The van der Waals surface area contributed by atoms with Crippen LogP contribution >= 0.6 is 0 Å². The molecule has 0 radical (unpaired) electrons. The van der Waals surface area contributed by atoms with Crippen LogP contribution in [0.1, 0.15) is 26.3 Å². The first-order chi connectivity index (χ1) is 13.1. The summed E-state index contributed by atoms with van der Waals surface area (Å²) >= 11 is -1.51. The molecule has 2 N–H and O–H groups in total. The summed E-state index contributed by atoms with van der Waals surface area (Å²) in [4.78, 5) is 33.6. The van der Waals surface area contributed by atoms with Gasteiger partial charge in [-0.05, 0) is 30.3 Å². The van der Waals surface area contributed by atoms with Crippen LogP contribution in [0.3, 0.4) is 0 Å². The van der Waals surface area contributed by atoms with Gasteiger partial charge in [0.1, 0.15) is 6.33 Å². The van der Waals surface area contributed by atoms with Crippen molar-refractivity contribution < 1.29 is 14.1 Å². The minimum atomic E-state index is -1.51. The third kappa shape index (κ3) is 3.40. The number of carbonyl (C=O) groups is 2. The number of rotatable bonds is 3. The summed E-state index contributed by atoms with van der Waals surface area (Å²) in [6, 6.07) is 11.5. The molecule has 0 fully saturated rings. The number of carbonyl (C=O) groups excluding carboxylic acids is 2. The normalized spacial score (nSPS) is 15.1. The highest BCUT2D eigenvalue weighted by molar-refractivity contribution is 7.91. The molecule has 0 saturated heterocycles. The molecule has 27 heavy (non-hydrogen) atoms. The highest BCUT2D eigenvalue weighted by Crippen LogP contribution is 2.34. The van der Waals surface area contributed by atoms with E-state index in [2.05, 4.69) is 20.6 Å². The van der Waals surface area contributed by atoms with Crippen molar-refractivity contribution in [3.05, 3.63) is 77.9 Å². The van der Waals surface area contributed by atoms with Gasteiger partial charge in [-0.2, -0.15) is 0 Å². The van der Waals surface area contributed by atoms with Gasteiger partial charge in [0.2, 0.25) is 0 Å². The Bertz CT molecular complexity index is 1030. The lowest BCUT2D eigenvalue weighted by Crippen LogP contribution is -2.23. The number of hydrogen-bond acceptors (Lipinski definition) is 5. The van der Waals surface area contributed by atoms with Crippen LogP contribution in [-0.2, 0) is 17.7 Å². The average molecular weight is 378 g/mol. The van der Waals surface area contributed by atoms with Crippen LogP contribution in [0.15, 0.2) is 71.0 Å². The Labute approximate surface area is 158 Å². The number of nitrogens with one attached hydrogen (secondary N) is 2. The van der Waals surface area contributed by atoms with E-state index >= 15 is 0 Å². The molecule has 4 rings (SSSR count). The van der Waals surface area contributed by atoms with Crippen molar-refractivity contribution in [2.45, 2.75) is 16.3 Å². The topological polar surface area (TPSA) is 107 Å². The minimum Gasteiger partial charge on any atom is -0.606 e. The van der Waals surface area contributed by atoms with Gasteiger partial charge in [0.15, 0.2) is 9.79 Å². The molecule has 1 aliphatic rings. The van der Waals surface area contributed by atoms with Crippen LogP contribution in [0, 0.1) is 0 Å². The Morgan fingerprint density at radius 3 is 2.70 bits per heavy atom. The highest BCUT2D eigenvalue weighted by Gasteiger charge is 2.30. The first-order valence-electron chi connectivity index (χ1n) is 8.12. The van der Waals surface area contributed by atoms with E-state index in [4.69, 9.17) is 0 Å². The van der Waals surface area contributed by atoms with E-state index in [1.54, 1.807) is 48.8 Å². The molecule has 0 bridgehead atoms. The molecular weight excluding hydrogens is 364 g/mol. The maximum atomic E-state index is 12.9. The Morgan fingerprint density at radius 2 is 1.89 bits per heavy atom. The molecule has 134 valence electrons. The summed E-state index contributed by atoms with van der Waals surface area (Å²) in [6.07, 6.45) is 4.65. The molecule has 2 amide bonds. The van der Waals surface area contributed by atoms with Crippen LogP contribution in [0.5, 0.6) is 0 Å². The van der Waals surface area contributed by atoms with E-state index in [1.807, 2.05) is 0 Å². The minimum absolute atomic E-state index is 0.278. The quantitative estimate of drug-likeness (QED) is 0.679. The predicted molar refractivity (Wildman–Crippen MR) is 98.7 cm³/mol. The van der Waals surface area contributed by atoms with E-state index in [-0.39, 0.29) is 18.4 Å². The van der Waals surface area contributed by atoms with E-state index in [0.717, 1.165) is 5.56 Å². The summed E-state index contributed by atoms with van der Waals surface area (Å²) < 4.78 is 12.9. The molecule has 1 aliphatic heterocycles. The zero-order valence-corrected chi connectivity index (χ0v) is 14.8. The molecule has 0 aliphatic carbocycles. The fourth-order valence-electron chi connectivity index (χ4n) is 2.76. The molecule has 1 unspecified atom stereocenters. The van der Waals surface area contributed by atoms with Crippen LogP contribution in [0.2, 0.25) is 0 Å². The molecule has 1 aromatic heterocycles. The number of aromatic nitrogens is 2. The predicted octanol–water partition coefficient (Wildman–Crippen LogP) is 2.14. The zero-order valence-electron chi connectivity index (χ0n) is 14.0. The first-order valence-corrected chi connectivity index (χ1v) is 9.27. The van der Waals surface area contributed by atoms with Crippen molar-refractivity contribution in [1.29, 1.82) is 0 Å². The van der Waals surface area contributed by atoms with Crippen molar-refractivity contribution >= 4 is 28.7 Å². The molecule has 2 heterocycles. The highest BCUT2D eigenvalue weighted by atomic mass is 32.2. The Hall–Kier alpha value is -3.23. The second kappa shape index (κ2) is 7.18. The van der Waals surface area contributed by atoms with Gasteiger partial charge in [-0.25, -0.2) is 9.97 Å². The largest absolute Gasteiger partial charge is 0.606 e. The van der Waals surface area contributed by atoms with Gasteiger partial charge in [0, 0.05) is 41.2 Å². The molecule has 3 aromatic rings. The Kier molecular flexibility index (Phi) is 4.57. The van der Waals surface area contributed by atoms with Crippen molar-refractivity contribution in [2.75, 3.05) is 5.32 Å². The van der Waals surface area contributed by atoms with E-state index in [9.17, 15) is 14.1 Å². The maximum Gasteiger partial charge on any atom is 0.260 e. The van der Waals surface area contributed by atoms with Gasteiger partial charge < -0.3 is 15.2 Å². The molecular formula is C19H14N4O3S. The van der Waals surface area contributed by atoms with E-state index in [0.29, 0.717) is 26.6 Å². The lowest BCUT2D eigenvalue weighted by Gasteiger charge is -2.12. The smallest absolute Gasteiger partial charge is 0.260 e. The number of benzene rings is 2. The Balaban J connectivity index is 1.60. The molecule has 7 nitrogen and oxygen atoms in total. The van der Waals surface area contributed by atoms with Gasteiger partial charge in [-0.3, -0.25) is 9.59 Å². The Morgan fingerprint density at radius 1 is 1.11 bits per heavy atom. The molecule has 0 saturated carbocycles. The molecule has 0 spiro atoms. The number of anilines is 1. The van der Waals surface area contributed by atoms with Crippen molar-refractivity contribution in [1.82, 2.24) is 15.3 Å². The maximum absolute atomic E-state index is 12.9. The lowest BCUT2D eigenvalue weighted by atomic mass is 10.1. The number of amides is 2. The fraction of sp³-hybridized carbons (Fsp3) is 0.0526. The summed E-state index contributed by atoms with van der Waals surface area (Å²) in [5.74, 6) is -0.667. The fourth-order valence-corrected chi connectivity index (χ4v) is 4.06. The van der Waals surface area contributed by atoms with Crippen molar-refractivity contribution in [2.24, 2.45) is 0 Å². The van der Waals surface area contributed by atoms with Crippen molar-refractivity contribution in [3.8, 4) is 0 Å². The molecule has 2 aromatic carbocycles. The second-order valence-corrected chi connectivity index (χ2v) is 7.28. The number of nitrogens with zero attached hydrogens (tertiary/aromatic N) is 2. The van der Waals surface area contributed by atoms with Crippen LogP contribution in [-0.4, -0.2) is 26.3 Å². The summed E-state index contributed by atoms with van der Waals surface area (Å²) in [7, 11) is 0. The summed E-state index contributed by atoms with van der Waals surface area (Å²) in [6.45, 7) is 0.278. The molecule has 1 atom stereocenters. The van der Waals surface area contributed by atoms with Crippen molar-refractivity contribution in [3.63, 3.8) is 0 Å². The van der Waals surface area contributed by atoms with Gasteiger partial charge in [-0.15, -0.1) is 0 Å². The van der Waals surface area contributed by atoms with E-state index in [1.165, 1.54) is 12.4 Å². The SMILES string of the molecule is O=C(NCc1cncnc1)c1ccc2c(c1)NC(=O)c1ccccc1[S+]2[O-].